The second kappa shape index (κ2) is 18.7. The molecule has 0 fully saturated rings. The lowest BCUT2D eigenvalue weighted by Crippen LogP contribution is -2.16. The van der Waals surface area contributed by atoms with Crippen LogP contribution in [0.3, 0.4) is 0 Å². The van der Waals surface area contributed by atoms with Gasteiger partial charge in [0.15, 0.2) is 23.3 Å². The van der Waals surface area contributed by atoms with E-state index in [0.29, 0.717) is 43.6 Å². The summed E-state index contributed by atoms with van der Waals surface area (Å²) in [6.07, 6.45) is -5.22. The molecule has 0 radical (unpaired) electrons. The molecule has 0 aliphatic heterocycles. The van der Waals surface area contributed by atoms with Gasteiger partial charge in [0.25, 0.3) is 0 Å². The highest BCUT2D eigenvalue weighted by Gasteiger charge is 2.41. The van der Waals surface area contributed by atoms with Crippen molar-refractivity contribution in [2.45, 2.75) is 61.6 Å². The summed E-state index contributed by atoms with van der Waals surface area (Å²) in [5, 5.41) is 2.24. The lowest BCUT2D eigenvalue weighted by Gasteiger charge is -2.23. The van der Waals surface area contributed by atoms with Crippen molar-refractivity contribution in [1.82, 2.24) is 9.13 Å². The Kier molecular flexibility index (Phi) is 12.1. The number of hydrogen-bond donors (Lipinski definition) is 0. The van der Waals surface area contributed by atoms with Crippen LogP contribution in [0, 0.1) is 84.5 Å². The standard InChI is InChI=1S/C69H50F8N2/c1-35-17-36(2)22-47(21-35)43-9-13-56-52(29-43)53-30-44(48-23-37(3)18-38(4)24-48)10-14-57(53)78(56)60-33-51(62-64(70)66(72)68(74)67(73)65(62)71)34-61(63(60)69(75,76)77)79-58-15-11-45(49-25-39(5)19-40(6)26-49)31-54(58)55-32-46(12-16-59(55)79)50-27-41(7)20-42(8)28-50/h9-34H,1-8H3. The summed E-state index contributed by atoms with van der Waals surface area (Å²) in [5.41, 5.74) is 11.4. The Morgan fingerprint density at radius 3 is 0.747 bits per heavy atom. The molecule has 12 rings (SSSR count). The normalized spacial score (nSPS) is 12.1. The van der Waals surface area contributed by atoms with Crippen molar-refractivity contribution in [3.63, 3.8) is 0 Å². The molecule has 0 unspecified atom stereocenters. The maximum atomic E-state index is 17.1. The quantitative estimate of drug-likeness (QED) is 0.0855. The number of benzene rings is 10. The van der Waals surface area contributed by atoms with Gasteiger partial charge in [-0.2, -0.15) is 13.2 Å². The lowest BCUT2D eigenvalue weighted by molar-refractivity contribution is -0.137. The van der Waals surface area contributed by atoms with Gasteiger partial charge in [0.05, 0.1) is 39.0 Å². The molecule has 0 amide bonds. The fourth-order valence-corrected chi connectivity index (χ4v) is 12.1. The number of halogens is 8. The van der Waals surface area contributed by atoms with Crippen LogP contribution in [-0.4, -0.2) is 9.13 Å². The zero-order chi connectivity index (χ0) is 55.7. The van der Waals surface area contributed by atoms with Crippen LogP contribution in [-0.2, 0) is 6.18 Å². The molecule has 2 aromatic heterocycles. The average molecular weight is 1060 g/mol. The molecule has 12 aromatic rings. The molecule has 0 saturated carbocycles. The Labute approximate surface area is 451 Å². The highest BCUT2D eigenvalue weighted by Crippen LogP contribution is 2.49. The third kappa shape index (κ3) is 8.74. The van der Waals surface area contributed by atoms with E-state index in [1.807, 2.05) is 177 Å². The SMILES string of the molecule is Cc1cc(C)cc(-c2ccc3c(c2)c2cc(-c4cc(C)cc(C)c4)ccc2n3-c2cc(-c3c(F)c(F)c(F)c(F)c3F)cc(-n3c4ccc(-c5cc(C)cc(C)c5)cc4c4cc(-c5cc(C)cc(C)c5)ccc43)c2C(F)(F)F)c1. The van der Waals surface area contributed by atoms with Gasteiger partial charge in [0.1, 0.15) is 5.56 Å². The van der Waals surface area contributed by atoms with Crippen molar-refractivity contribution in [2.24, 2.45) is 0 Å². The maximum Gasteiger partial charge on any atom is 0.420 e. The van der Waals surface area contributed by atoms with Crippen LogP contribution in [0.4, 0.5) is 35.1 Å². The van der Waals surface area contributed by atoms with Crippen molar-refractivity contribution < 1.29 is 35.1 Å². The number of nitrogens with zero attached hydrogens (tertiary/aromatic N) is 2. The van der Waals surface area contributed by atoms with Crippen LogP contribution in [0.5, 0.6) is 0 Å². The van der Waals surface area contributed by atoms with Gasteiger partial charge in [0.2, 0.25) is 5.82 Å². The molecule has 2 nitrogen and oxygen atoms in total. The topological polar surface area (TPSA) is 9.86 Å². The number of hydrogen-bond acceptors (Lipinski definition) is 0. The zero-order valence-electron chi connectivity index (χ0n) is 44.4. The molecule has 10 aromatic carbocycles. The van der Waals surface area contributed by atoms with Gasteiger partial charge in [-0.15, -0.1) is 0 Å². The van der Waals surface area contributed by atoms with Gasteiger partial charge in [-0.3, -0.25) is 0 Å². The predicted molar refractivity (Wildman–Crippen MR) is 305 cm³/mol. The minimum Gasteiger partial charge on any atom is -0.309 e. The number of aromatic nitrogens is 2. The first-order valence-electron chi connectivity index (χ1n) is 25.9. The average Bonchev–Trinajstić information content (AvgIpc) is 3.78. The van der Waals surface area contributed by atoms with E-state index in [0.717, 1.165) is 101 Å². The molecule has 79 heavy (non-hydrogen) atoms. The number of rotatable bonds is 7. The number of alkyl halides is 3. The van der Waals surface area contributed by atoms with Gasteiger partial charge in [-0.25, -0.2) is 22.0 Å². The van der Waals surface area contributed by atoms with Crippen molar-refractivity contribution >= 4 is 43.6 Å². The maximum absolute atomic E-state index is 17.1. The minimum absolute atomic E-state index is 0.296. The first-order chi connectivity index (χ1) is 37.6. The Morgan fingerprint density at radius 2 is 0.506 bits per heavy atom. The number of fused-ring (bicyclic) bond motifs is 6. The molecule has 0 spiro atoms. The van der Waals surface area contributed by atoms with E-state index < -0.39 is 63.3 Å². The summed E-state index contributed by atoms with van der Waals surface area (Å²) in [4.78, 5) is 0. The second-order valence-electron chi connectivity index (χ2n) is 21.4. The Morgan fingerprint density at radius 1 is 0.266 bits per heavy atom. The zero-order valence-corrected chi connectivity index (χ0v) is 44.4. The smallest absolute Gasteiger partial charge is 0.309 e. The van der Waals surface area contributed by atoms with E-state index in [-0.39, 0.29) is 0 Å². The Bertz CT molecular complexity index is 4000. The number of aryl methyl sites for hydroxylation is 8. The van der Waals surface area contributed by atoms with Crippen LogP contribution in [0.2, 0.25) is 0 Å². The molecule has 0 aliphatic carbocycles. The summed E-state index contributed by atoms with van der Waals surface area (Å²) in [6.45, 7) is 15.9. The molecular weight excluding hydrogens is 1010 g/mol. The molecule has 10 heteroatoms. The van der Waals surface area contributed by atoms with Gasteiger partial charge in [-0.1, -0.05) is 142 Å². The van der Waals surface area contributed by atoms with Gasteiger partial charge in [0, 0.05) is 21.5 Å². The first kappa shape index (κ1) is 51.0. The third-order valence-corrected chi connectivity index (χ3v) is 15.1. The van der Waals surface area contributed by atoms with Crippen molar-refractivity contribution in [1.29, 1.82) is 0 Å². The lowest BCUT2D eigenvalue weighted by atomic mass is 9.97. The van der Waals surface area contributed by atoms with Crippen LogP contribution in [0.25, 0.3) is 111 Å². The summed E-state index contributed by atoms with van der Waals surface area (Å²) < 4.78 is 133. The van der Waals surface area contributed by atoms with Crippen molar-refractivity contribution in [3.8, 4) is 67.0 Å². The molecular formula is C69H50F8N2. The van der Waals surface area contributed by atoms with Crippen molar-refractivity contribution in [3.05, 3.63) is 237 Å². The fourth-order valence-electron chi connectivity index (χ4n) is 12.1. The second-order valence-corrected chi connectivity index (χ2v) is 21.4. The van der Waals surface area contributed by atoms with E-state index in [1.165, 1.54) is 9.13 Å². The van der Waals surface area contributed by atoms with Crippen LogP contribution in [0.15, 0.2) is 158 Å². The van der Waals surface area contributed by atoms with E-state index in [4.69, 9.17) is 0 Å². The fraction of sp³-hybridized carbons (Fsp3) is 0.130. The van der Waals surface area contributed by atoms with Crippen LogP contribution >= 0.6 is 0 Å². The largest absolute Gasteiger partial charge is 0.420 e. The predicted octanol–water partition coefficient (Wildman–Crippen LogP) is 20.4. The van der Waals surface area contributed by atoms with E-state index >= 15 is 30.7 Å². The van der Waals surface area contributed by atoms with Gasteiger partial charge < -0.3 is 9.13 Å². The summed E-state index contributed by atoms with van der Waals surface area (Å²) in [6, 6.07) is 48.0. The van der Waals surface area contributed by atoms with Gasteiger partial charge >= 0.3 is 6.18 Å². The van der Waals surface area contributed by atoms with Crippen LogP contribution < -0.4 is 0 Å². The molecule has 0 saturated heterocycles. The van der Waals surface area contributed by atoms with E-state index in [2.05, 4.69) is 0 Å². The Balaban J connectivity index is 1.24. The monoisotopic (exact) mass is 1060 g/mol. The van der Waals surface area contributed by atoms with E-state index in [1.54, 1.807) is 24.3 Å². The summed E-state index contributed by atoms with van der Waals surface area (Å²) >= 11 is 0. The molecule has 0 N–H and O–H groups in total. The first-order valence-corrected chi connectivity index (χ1v) is 25.9. The molecule has 0 bridgehead atoms. The Hall–Kier alpha value is -8.76. The summed E-state index contributed by atoms with van der Waals surface area (Å²) in [7, 11) is 0. The van der Waals surface area contributed by atoms with Gasteiger partial charge in [-0.05, 0) is 166 Å². The molecule has 0 atom stereocenters. The summed E-state index contributed by atoms with van der Waals surface area (Å²) in [5.74, 6) is -11.2. The highest BCUT2D eigenvalue weighted by molar-refractivity contribution is 6.14. The van der Waals surface area contributed by atoms with Crippen LogP contribution in [0.1, 0.15) is 50.1 Å². The van der Waals surface area contributed by atoms with E-state index in [9.17, 15) is 4.39 Å². The molecule has 2 heterocycles. The third-order valence-electron chi connectivity index (χ3n) is 15.1. The highest BCUT2D eigenvalue weighted by atomic mass is 19.4. The molecule has 0 aliphatic rings. The molecule has 392 valence electrons. The minimum atomic E-state index is -5.22. The van der Waals surface area contributed by atoms with Crippen molar-refractivity contribution in [2.75, 3.05) is 0 Å².